The SMILES string of the molecule is NC[C@@H]1CC[C@]2(CCN(C(=O)OCc3ccccc3)C2)C1. The van der Waals surface area contributed by atoms with Crippen LogP contribution in [0.4, 0.5) is 4.79 Å². The Morgan fingerprint density at radius 1 is 1.33 bits per heavy atom. The fraction of sp³-hybridized carbons (Fsp3) is 0.588. The van der Waals surface area contributed by atoms with Gasteiger partial charge in [0.2, 0.25) is 0 Å². The van der Waals surface area contributed by atoms with Gasteiger partial charge in [0.05, 0.1) is 0 Å². The van der Waals surface area contributed by atoms with Crippen molar-refractivity contribution < 1.29 is 9.53 Å². The second-order valence-electron chi connectivity index (χ2n) is 6.56. The van der Waals surface area contributed by atoms with Gasteiger partial charge in [-0.15, -0.1) is 0 Å². The highest BCUT2D eigenvalue weighted by molar-refractivity contribution is 5.68. The number of benzene rings is 1. The van der Waals surface area contributed by atoms with Gasteiger partial charge in [-0.05, 0) is 49.1 Å². The van der Waals surface area contributed by atoms with E-state index in [0.29, 0.717) is 17.9 Å². The average molecular weight is 288 g/mol. The van der Waals surface area contributed by atoms with Crippen LogP contribution in [-0.4, -0.2) is 30.6 Å². The molecule has 1 amide bonds. The molecule has 1 heterocycles. The first-order valence-electron chi connectivity index (χ1n) is 7.86. The molecule has 3 rings (SSSR count). The molecule has 2 aliphatic rings. The molecule has 1 aromatic rings. The van der Waals surface area contributed by atoms with Crippen LogP contribution >= 0.6 is 0 Å². The molecule has 0 aromatic heterocycles. The van der Waals surface area contributed by atoms with Crippen molar-refractivity contribution in [2.75, 3.05) is 19.6 Å². The van der Waals surface area contributed by atoms with Crippen molar-refractivity contribution >= 4 is 6.09 Å². The Morgan fingerprint density at radius 3 is 2.86 bits per heavy atom. The largest absolute Gasteiger partial charge is 0.445 e. The quantitative estimate of drug-likeness (QED) is 0.930. The molecule has 0 bridgehead atoms. The third-order valence-electron chi connectivity index (χ3n) is 5.04. The molecular formula is C17H24N2O2. The molecule has 1 aromatic carbocycles. The molecule has 1 aliphatic carbocycles. The summed E-state index contributed by atoms with van der Waals surface area (Å²) in [4.78, 5) is 14.1. The first-order valence-corrected chi connectivity index (χ1v) is 7.86. The minimum atomic E-state index is -0.174. The van der Waals surface area contributed by atoms with E-state index in [2.05, 4.69) is 0 Å². The second-order valence-corrected chi connectivity index (χ2v) is 6.56. The van der Waals surface area contributed by atoms with Gasteiger partial charge < -0.3 is 15.4 Å². The highest BCUT2D eigenvalue weighted by atomic mass is 16.6. The number of hydrogen-bond donors (Lipinski definition) is 1. The lowest BCUT2D eigenvalue weighted by Gasteiger charge is -2.24. The molecule has 1 spiro atoms. The summed E-state index contributed by atoms with van der Waals surface area (Å²) in [5.74, 6) is 0.644. The molecule has 4 heteroatoms. The molecule has 114 valence electrons. The third-order valence-corrected chi connectivity index (χ3v) is 5.04. The molecule has 4 nitrogen and oxygen atoms in total. The van der Waals surface area contributed by atoms with Crippen molar-refractivity contribution in [2.45, 2.75) is 32.3 Å². The van der Waals surface area contributed by atoms with Crippen molar-refractivity contribution in [3.05, 3.63) is 35.9 Å². The molecule has 2 fully saturated rings. The first kappa shape index (κ1) is 14.4. The zero-order valence-electron chi connectivity index (χ0n) is 12.5. The van der Waals surface area contributed by atoms with Crippen LogP contribution in [0.25, 0.3) is 0 Å². The molecule has 1 saturated carbocycles. The van der Waals surface area contributed by atoms with Crippen LogP contribution in [-0.2, 0) is 11.3 Å². The Balaban J connectivity index is 1.51. The zero-order valence-corrected chi connectivity index (χ0v) is 12.5. The number of likely N-dealkylation sites (tertiary alicyclic amines) is 1. The fourth-order valence-corrected chi connectivity index (χ4v) is 3.80. The Labute approximate surface area is 126 Å². The Bertz CT molecular complexity index is 491. The third kappa shape index (κ3) is 3.21. The monoisotopic (exact) mass is 288 g/mol. The van der Waals surface area contributed by atoms with E-state index in [1.807, 2.05) is 35.2 Å². The maximum absolute atomic E-state index is 12.2. The van der Waals surface area contributed by atoms with Crippen LogP contribution in [0.15, 0.2) is 30.3 Å². The number of hydrogen-bond acceptors (Lipinski definition) is 3. The highest BCUT2D eigenvalue weighted by Gasteiger charge is 2.45. The highest BCUT2D eigenvalue weighted by Crippen LogP contribution is 2.47. The van der Waals surface area contributed by atoms with Gasteiger partial charge in [0.1, 0.15) is 6.61 Å². The summed E-state index contributed by atoms with van der Waals surface area (Å²) in [6.45, 7) is 2.80. The summed E-state index contributed by atoms with van der Waals surface area (Å²) in [5.41, 5.74) is 7.13. The molecular weight excluding hydrogens is 264 g/mol. The molecule has 0 radical (unpaired) electrons. The smallest absolute Gasteiger partial charge is 0.410 e. The molecule has 0 unspecified atom stereocenters. The average Bonchev–Trinajstić information content (AvgIpc) is 3.13. The van der Waals surface area contributed by atoms with Crippen LogP contribution < -0.4 is 5.73 Å². The summed E-state index contributed by atoms with van der Waals surface area (Å²) in [7, 11) is 0. The lowest BCUT2D eigenvalue weighted by atomic mass is 9.84. The summed E-state index contributed by atoms with van der Waals surface area (Å²) >= 11 is 0. The number of ether oxygens (including phenoxy) is 1. The predicted molar refractivity (Wildman–Crippen MR) is 81.6 cm³/mol. The van der Waals surface area contributed by atoms with E-state index in [1.54, 1.807) is 0 Å². The summed E-state index contributed by atoms with van der Waals surface area (Å²) < 4.78 is 5.43. The number of nitrogens with two attached hydrogens (primary N) is 1. The van der Waals surface area contributed by atoms with E-state index in [9.17, 15) is 4.79 Å². The van der Waals surface area contributed by atoms with Gasteiger partial charge >= 0.3 is 6.09 Å². The van der Waals surface area contributed by atoms with Gasteiger partial charge in [-0.3, -0.25) is 0 Å². The summed E-state index contributed by atoms with van der Waals surface area (Å²) in [6.07, 6.45) is 4.52. The molecule has 2 N–H and O–H groups in total. The minimum absolute atomic E-state index is 0.174. The predicted octanol–water partition coefficient (Wildman–Crippen LogP) is 2.77. The first-order chi connectivity index (χ1) is 10.2. The maximum atomic E-state index is 12.2. The van der Waals surface area contributed by atoms with Crippen molar-refractivity contribution in [3.8, 4) is 0 Å². The number of rotatable bonds is 3. The van der Waals surface area contributed by atoms with E-state index in [-0.39, 0.29) is 6.09 Å². The number of nitrogens with zero attached hydrogens (tertiary/aromatic N) is 1. The van der Waals surface area contributed by atoms with Crippen molar-refractivity contribution in [2.24, 2.45) is 17.1 Å². The zero-order chi connectivity index (χ0) is 14.7. The molecule has 21 heavy (non-hydrogen) atoms. The van der Waals surface area contributed by atoms with Gasteiger partial charge in [0.15, 0.2) is 0 Å². The van der Waals surface area contributed by atoms with E-state index in [4.69, 9.17) is 10.5 Å². The van der Waals surface area contributed by atoms with Crippen LogP contribution in [0.3, 0.4) is 0 Å². The van der Waals surface area contributed by atoms with Gasteiger partial charge in [0, 0.05) is 13.1 Å². The standard InChI is InChI=1S/C17H24N2O2/c18-11-15-6-7-17(10-15)8-9-19(13-17)16(20)21-12-14-4-2-1-3-5-14/h1-5,15H,6-13,18H2/t15-,17+/m1/s1. The van der Waals surface area contributed by atoms with Crippen LogP contribution in [0.1, 0.15) is 31.2 Å². The Kier molecular flexibility index (Phi) is 4.15. The van der Waals surface area contributed by atoms with Gasteiger partial charge in [0.25, 0.3) is 0 Å². The normalized spacial score (nSPS) is 28.2. The van der Waals surface area contributed by atoms with Crippen molar-refractivity contribution in [1.82, 2.24) is 4.90 Å². The molecule has 1 aliphatic heterocycles. The number of carbonyl (C=O) groups excluding carboxylic acids is 1. The van der Waals surface area contributed by atoms with E-state index < -0.39 is 0 Å². The fourth-order valence-electron chi connectivity index (χ4n) is 3.80. The lowest BCUT2D eigenvalue weighted by molar-refractivity contribution is 0.0995. The Hall–Kier alpha value is -1.55. The van der Waals surface area contributed by atoms with Gasteiger partial charge in [-0.25, -0.2) is 4.79 Å². The molecule has 2 atom stereocenters. The van der Waals surface area contributed by atoms with Gasteiger partial charge in [-0.1, -0.05) is 30.3 Å². The number of amides is 1. The van der Waals surface area contributed by atoms with Crippen molar-refractivity contribution in [3.63, 3.8) is 0 Å². The number of carbonyl (C=O) groups is 1. The van der Waals surface area contributed by atoms with Crippen LogP contribution in [0, 0.1) is 11.3 Å². The second kappa shape index (κ2) is 6.06. The lowest BCUT2D eigenvalue weighted by Crippen LogP contribution is -2.32. The molecule has 1 saturated heterocycles. The van der Waals surface area contributed by atoms with Crippen LogP contribution in [0.5, 0.6) is 0 Å². The van der Waals surface area contributed by atoms with Crippen LogP contribution in [0.2, 0.25) is 0 Å². The summed E-state index contributed by atoms with van der Waals surface area (Å²) in [6, 6.07) is 9.83. The van der Waals surface area contributed by atoms with Crippen molar-refractivity contribution in [1.29, 1.82) is 0 Å². The maximum Gasteiger partial charge on any atom is 0.410 e. The minimum Gasteiger partial charge on any atom is -0.445 e. The van der Waals surface area contributed by atoms with E-state index in [1.165, 1.54) is 19.3 Å². The van der Waals surface area contributed by atoms with E-state index in [0.717, 1.165) is 31.6 Å². The van der Waals surface area contributed by atoms with Gasteiger partial charge in [-0.2, -0.15) is 0 Å². The summed E-state index contributed by atoms with van der Waals surface area (Å²) in [5, 5.41) is 0. The topological polar surface area (TPSA) is 55.6 Å². The van der Waals surface area contributed by atoms with E-state index >= 15 is 0 Å². The Morgan fingerprint density at radius 2 is 2.14 bits per heavy atom.